The first kappa shape index (κ1) is 29.5. The molecule has 2 bridgehead atoms. The van der Waals surface area contributed by atoms with Crippen LogP contribution in [0.3, 0.4) is 0 Å². The van der Waals surface area contributed by atoms with Gasteiger partial charge in [0.2, 0.25) is 11.7 Å². The molecule has 2 atom stereocenters. The Hall–Kier alpha value is -2.60. The van der Waals surface area contributed by atoms with E-state index in [2.05, 4.69) is 10.1 Å². The van der Waals surface area contributed by atoms with E-state index in [4.69, 9.17) is 41.6 Å². The molecular formula is C29H29Cl2F3N2O6. The molecule has 0 amide bonds. The first-order valence-electron chi connectivity index (χ1n) is 14.0. The van der Waals surface area contributed by atoms with Crippen molar-refractivity contribution in [1.29, 1.82) is 0 Å². The number of rotatable bonds is 9. The Bertz CT molecular complexity index is 1450. The summed E-state index contributed by atoms with van der Waals surface area (Å²) in [7, 11) is 0. The van der Waals surface area contributed by atoms with Gasteiger partial charge in [0.25, 0.3) is 0 Å². The van der Waals surface area contributed by atoms with E-state index in [-0.39, 0.29) is 25.2 Å². The molecular weight excluding hydrogens is 600 g/mol. The van der Waals surface area contributed by atoms with E-state index in [0.29, 0.717) is 47.0 Å². The van der Waals surface area contributed by atoms with Gasteiger partial charge in [0.1, 0.15) is 22.7 Å². The van der Waals surface area contributed by atoms with Crippen LogP contribution in [0.15, 0.2) is 27.1 Å². The van der Waals surface area contributed by atoms with Gasteiger partial charge in [-0.1, -0.05) is 34.4 Å². The fourth-order valence-electron chi connectivity index (χ4n) is 6.45. The summed E-state index contributed by atoms with van der Waals surface area (Å²) < 4.78 is 63.4. The van der Waals surface area contributed by atoms with Crippen LogP contribution in [0.1, 0.15) is 80.0 Å². The predicted molar refractivity (Wildman–Crippen MR) is 144 cm³/mol. The highest BCUT2D eigenvalue weighted by atomic mass is 35.5. The summed E-state index contributed by atoms with van der Waals surface area (Å²) in [4.78, 5) is 16.0. The maximum absolute atomic E-state index is 13.8. The van der Waals surface area contributed by atoms with E-state index in [1.54, 1.807) is 25.1 Å². The van der Waals surface area contributed by atoms with Crippen LogP contribution in [0.4, 0.5) is 13.2 Å². The molecule has 3 aliphatic carbocycles. The quantitative estimate of drug-likeness (QED) is 0.247. The molecule has 42 heavy (non-hydrogen) atoms. The Morgan fingerprint density at radius 3 is 2.40 bits per heavy atom. The number of hydrogen-bond acceptors (Lipinski definition) is 8. The third kappa shape index (κ3) is 5.33. The predicted octanol–water partition coefficient (Wildman–Crippen LogP) is 7.23. The van der Waals surface area contributed by atoms with E-state index in [0.717, 1.165) is 24.2 Å². The van der Waals surface area contributed by atoms with Crippen molar-refractivity contribution < 1.29 is 41.5 Å². The standard InChI is InChI=1S/C29H29Cl2F3N2O6/c1-2-39-22(37)12-21-26(29(32,33)34)41-27(35-21)28(38)15-8-9-16(28)11-17(10-15)40-13-18-24(36-42-25(18)14-6-7-14)23-19(30)4-3-5-20(23)31/h3-5,14-17,38H,2,6-13H2,1H3/t15-,16-,17?,28?/m0/s1. The van der Waals surface area contributed by atoms with Gasteiger partial charge in [-0.3, -0.25) is 4.79 Å². The average molecular weight is 629 g/mol. The number of hydrogen-bond donors (Lipinski definition) is 1. The largest absolute Gasteiger partial charge is 0.466 e. The highest BCUT2D eigenvalue weighted by molar-refractivity contribution is 6.39. The van der Waals surface area contributed by atoms with Crippen LogP contribution < -0.4 is 0 Å². The average Bonchev–Trinajstić information content (AvgIpc) is 3.51. The van der Waals surface area contributed by atoms with Crippen molar-refractivity contribution in [2.45, 2.75) is 82.3 Å². The molecule has 1 N–H and O–H groups in total. The minimum atomic E-state index is -4.89. The SMILES string of the molecule is CCOC(=O)Cc1nc(C2(O)[C@H]3CC[C@H]2CC(OCc2c(-c4c(Cl)cccc4Cl)noc2C2CC2)C3)oc1C(F)(F)F. The molecule has 226 valence electrons. The van der Waals surface area contributed by atoms with Crippen molar-refractivity contribution >= 4 is 29.2 Å². The number of ether oxygens (including phenoxy) is 2. The molecule has 0 unspecified atom stereocenters. The van der Waals surface area contributed by atoms with Crippen molar-refractivity contribution in [2.24, 2.45) is 11.8 Å². The van der Waals surface area contributed by atoms with Crippen LogP contribution in [0.25, 0.3) is 11.3 Å². The Kier molecular flexibility index (Phi) is 7.83. The van der Waals surface area contributed by atoms with Gasteiger partial charge in [-0.05, 0) is 69.4 Å². The number of oxazole rings is 1. The lowest BCUT2D eigenvalue weighted by Crippen LogP contribution is -2.44. The van der Waals surface area contributed by atoms with Crippen LogP contribution in [0.5, 0.6) is 0 Å². The minimum Gasteiger partial charge on any atom is -0.466 e. The number of carbonyl (C=O) groups excluding carboxylic acids is 1. The molecule has 3 saturated carbocycles. The molecule has 2 heterocycles. The monoisotopic (exact) mass is 628 g/mol. The van der Waals surface area contributed by atoms with Gasteiger partial charge in [0.15, 0.2) is 0 Å². The van der Waals surface area contributed by atoms with Gasteiger partial charge in [0, 0.05) is 17.0 Å². The van der Waals surface area contributed by atoms with Gasteiger partial charge in [-0.15, -0.1) is 0 Å². The zero-order valence-electron chi connectivity index (χ0n) is 22.7. The molecule has 3 aliphatic rings. The second kappa shape index (κ2) is 11.2. The number of halogens is 5. The number of aliphatic hydroxyl groups is 1. The first-order chi connectivity index (χ1) is 20.0. The number of fused-ring (bicyclic) bond motifs is 2. The zero-order valence-corrected chi connectivity index (χ0v) is 24.2. The van der Waals surface area contributed by atoms with Gasteiger partial charge in [0.05, 0.1) is 35.8 Å². The second-order valence-corrected chi connectivity index (χ2v) is 12.0. The number of alkyl halides is 3. The summed E-state index contributed by atoms with van der Waals surface area (Å²) in [6.45, 7) is 1.75. The molecule has 8 nitrogen and oxygen atoms in total. The van der Waals surface area contributed by atoms with Crippen molar-refractivity contribution in [2.75, 3.05) is 6.61 Å². The lowest BCUT2D eigenvalue weighted by atomic mass is 9.73. The Labute approximate surface area is 249 Å². The first-order valence-corrected chi connectivity index (χ1v) is 14.8. The molecule has 3 aromatic rings. The fourth-order valence-corrected chi connectivity index (χ4v) is 7.03. The van der Waals surface area contributed by atoms with Crippen LogP contribution >= 0.6 is 23.2 Å². The summed E-state index contributed by atoms with van der Waals surface area (Å²) in [5.41, 5.74) is -0.438. The van der Waals surface area contributed by atoms with Crippen LogP contribution in [0.2, 0.25) is 10.0 Å². The summed E-state index contributed by atoms with van der Waals surface area (Å²) in [5, 5.41) is 16.9. The van der Waals surface area contributed by atoms with E-state index in [1.807, 2.05) is 0 Å². The lowest BCUT2D eigenvalue weighted by molar-refractivity contribution is -0.161. The molecule has 0 saturated heterocycles. The van der Waals surface area contributed by atoms with Crippen LogP contribution in [0, 0.1) is 11.8 Å². The molecule has 0 radical (unpaired) electrons. The van der Waals surface area contributed by atoms with E-state index >= 15 is 0 Å². The van der Waals surface area contributed by atoms with E-state index < -0.39 is 53.3 Å². The van der Waals surface area contributed by atoms with Crippen molar-refractivity contribution in [3.05, 3.63) is 56.9 Å². The maximum Gasteiger partial charge on any atom is 0.451 e. The van der Waals surface area contributed by atoms with Gasteiger partial charge in [-0.2, -0.15) is 13.2 Å². The number of aromatic nitrogens is 2. The minimum absolute atomic E-state index is 0.0182. The second-order valence-electron chi connectivity index (χ2n) is 11.2. The van der Waals surface area contributed by atoms with Gasteiger partial charge < -0.3 is 23.5 Å². The zero-order chi connectivity index (χ0) is 29.8. The fraction of sp³-hybridized carbons (Fsp3) is 0.552. The number of nitrogens with zero attached hydrogens (tertiary/aromatic N) is 2. The summed E-state index contributed by atoms with van der Waals surface area (Å²) in [5.74, 6) is -2.56. The van der Waals surface area contributed by atoms with Gasteiger partial charge >= 0.3 is 12.1 Å². The summed E-state index contributed by atoms with van der Waals surface area (Å²) in [6, 6.07) is 5.20. The third-order valence-electron chi connectivity index (χ3n) is 8.55. The Morgan fingerprint density at radius 2 is 1.81 bits per heavy atom. The van der Waals surface area contributed by atoms with E-state index in [1.165, 1.54) is 0 Å². The Balaban J connectivity index is 1.22. The molecule has 0 aliphatic heterocycles. The van der Waals surface area contributed by atoms with Crippen molar-refractivity contribution in [3.8, 4) is 11.3 Å². The highest BCUT2D eigenvalue weighted by Gasteiger charge is 2.58. The molecule has 3 fully saturated rings. The molecule has 13 heteroatoms. The smallest absolute Gasteiger partial charge is 0.451 e. The van der Waals surface area contributed by atoms with Gasteiger partial charge in [-0.25, -0.2) is 4.98 Å². The Morgan fingerprint density at radius 1 is 1.14 bits per heavy atom. The molecule has 6 rings (SSSR count). The van der Waals surface area contributed by atoms with Crippen molar-refractivity contribution in [1.82, 2.24) is 10.1 Å². The molecule has 2 aromatic heterocycles. The summed E-state index contributed by atoms with van der Waals surface area (Å²) in [6.07, 6.45) is -2.01. The third-order valence-corrected chi connectivity index (χ3v) is 9.18. The van der Waals surface area contributed by atoms with Crippen LogP contribution in [-0.4, -0.2) is 33.9 Å². The molecule has 1 aromatic carbocycles. The number of carbonyl (C=O) groups is 1. The topological polar surface area (TPSA) is 108 Å². The maximum atomic E-state index is 13.8. The van der Waals surface area contributed by atoms with Crippen LogP contribution in [-0.2, 0) is 39.1 Å². The normalized spacial score (nSPS) is 25.6. The van der Waals surface area contributed by atoms with E-state index in [9.17, 15) is 23.1 Å². The number of benzene rings is 1. The summed E-state index contributed by atoms with van der Waals surface area (Å²) >= 11 is 12.9. The lowest BCUT2D eigenvalue weighted by Gasteiger charge is -2.40. The molecule has 0 spiro atoms. The van der Waals surface area contributed by atoms with Crippen molar-refractivity contribution in [3.63, 3.8) is 0 Å². The highest BCUT2D eigenvalue weighted by Crippen LogP contribution is 2.56. The number of esters is 1.